The number of carbonyl (C=O) groups is 1. The maximum atomic E-state index is 12.8. The Morgan fingerprint density at radius 1 is 1.38 bits per heavy atom. The molecule has 2 saturated heterocycles. The van der Waals surface area contributed by atoms with Crippen molar-refractivity contribution in [2.45, 2.75) is 45.6 Å². The normalized spacial score (nSPS) is 25.0. The number of hydrogen-bond donors (Lipinski definition) is 2. The average Bonchev–Trinajstić information content (AvgIpc) is 2.48. The summed E-state index contributed by atoms with van der Waals surface area (Å²) in [6.45, 7) is 10.0. The number of halogens is 2. The lowest BCUT2D eigenvalue weighted by Gasteiger charge is -2.37. The fourth-order valence-electron chi connectivity index (χ4n) is 3.88. The Morgan fingerprint density at radius 2 is 2.04 bits per heavy atom. The van der Waals surface area contributed by atoms with E-state index in [-0.39, 0.29) is 42.2 Å². The van der Waals surface area contributed by atoms with E-state index in [1.165, 1.54) is 12.8 Å². The summed E-state index contributed by atoms with van der Waals surface area (Å²) >= 11 is 0. The SMILES string of the molecule is COCC1(C(=O)NC(C)CN2CCCC(C)C2)CCNCC1.Cl.Cl. The highest BCUT2D eigenvalue weighted by Gasteiger charge is 2.40. The lowest BCUT2D eigenvalue weighted by atomic mass is 9.78. The fourth-order valence-corrected chi connectivity index (χ4v) is 3.88. The summed E-state index contributed by atoms with van der Waals surface area (Å²) in [7, 11) is 1.69. The topological polar surface area (TPSA) is 53.6 Å². The van der Waals surface area contributed by atoms with Gasteiger partial charge in [-0.2, -0.15) is 0 Å². The number of methoxy groups -OCH3 is 1. The third kappa shape index (κ3) is 6.68. The molecule has 0 aromatic heterocycles. The molecular formula is C17H35Cl2N3O2. The molecule has 2 heterocycles. The molecule has 0 aliphatic carbocycles. The first kappa shape index (κ1) is 23.9. The quantitative estimate of drug-likeness (QED) is 0.736. The summed E-state index contributed by atoms with van der Waals surface area (Å²) < 4.78 is 5.35. The summed E-state index contributed by atoms with van der Waals surface area (Å²) in [5, 5.41) is 6.58. The summed E-state index contributed by atoms with van der Waals surface area (Å²) in [5.41, 5.74) is -0.344. The number of piperidine rings is 2. The highest BCUT2D eigenvalue weighted by atomic mass is 35.5. The van der Waals surface area contributed by atoms with E-state index < -0.39 is 0 Å². The van der Waals surface area contributed by atoms with Gasteiger partial charge >= 0.3 is 0 Å². The van der Waals surface area contributed by atoms with Gasteiger partial charge in [0.1, 0.15) is 0 Å². The molecule has 0 radical (unpaired) electrons. The minimum atomic E-state index is -0.344. The maximum Gasteiger partial charge on any atom is 0.228 e. The van der Waals surface area contributed by atoms with Gasteiger partial charge in [0.15, 0.2) is 0 Å². The van der Waals surface area contributed by atoms with Crippen LogP contribution in [-0.4, -0.2) is 63.3 Å². The number of hydrogen-bond acceptors (Lipinski definition) is 4. The number of likely N-dealkylation sites (tertiary alicyclic amines) is 1. The molecule has 0 aromatic rings. The van der Waals surface area contributed by atoms with Crippen LogP contribution in [0.15, 0.2) is 0 Å². The highest BCUT2D eigenvalue weighted by Crippen LogP contribution is 2.29. The Balaban J connectivity index is 0.00000264. The van der Waals surface area contributed by atoms with Crippen LogP contribution in [-0.2, 0) is 9.53 Å². The van der Waals surface area contributed by atoms with E-state index in [1.54, 1.807) is 7.11 Å². The van der Waals surface area contributed by atoms with E-state index in [0.29, 0.717) is 6.61 Å². The zero-order valence-corrected chi connectivity index (χ0v) is 16.9. The van der Waals surface area contributed by atoms with Crippen molar-refractivity contribution in [1.29, 1.82) is 0 Å². The van der Waals surface area contributed by atoms with E-state index in [0.717, 1.165) is 51.5 Å². The van der Waals surface area contributed by atoms with E-state index in [2.05, 4.69) is 29.4 Å². The molecular weight excluding hydrogens is 349 g/mol. The molecule has 2 aliphatic rings. The zero-order valence-electron chi connectivity index (χ0n) is 15.3. The van der Waals surface area contributed by atoms with Crippen LogP contribution in [0.3, 0.4) is 0 Å². The van der Waals surface area contributed by atoms with Crippen LogP contribution in [0, 0.1) is 11.3 Å². The molecule has 0 spiro atoms. The van der Waals surface area contributed by atoms with Crippen molar-refractivity contribution >= 4 is 30.7 Å². The number of nitrogens with one attached hydrogen (secondary N) is 2. The Kier molecular flexibility index (Phi) is 11.5. The van der Waals surface area contributed by atoms with Crippen molar-refractivity contribution in [2.75, 3.05) is 46.4 Å². The number of rotatable bonds is 6. The summed E-state index contributed by atoms with van der Waals surface area (Å²) in [6, 6.07) is 0.196. The predicted octanol–water partition coefficient (Wildman–Crippen LogP) is 2.08. The smallest absolute Gasteiger partial charge is 0.228 e. The third-order valence-electron chi connectivity index (χ3n) is 5.11. The van der Waals surface area contributed by atoms with Gasteiger partial charge in [-0.15, -0.1) is 24.8 Å². The maximum absolute atomic E-state index is 12.8. The van der Waals surface area contributed by atoms with Crippen LogP contribution in [0.1, 0.15) is 39.5 Å². The van der Waals surface area contributed by atoms with Crippen LogP contribution < -0.4 is 10.6 Å². The predicted molar refractivity (Wildman–Crippen MR) is 103 cm³/mol. The minimum absolute atomic E-state index is 0. The van der Waals surface area contributed by atoms with Gasteiger partial charge in [-0.05, 0) is 58.2 Å². The average molecular weight is 384 g/mol. The van der Waals surface area contributed by atoms with Gasteiger partial charge in [0.2, 0.25) is 5.91 Å². The van der Waals surface area contributed by atoms with Crippen LogP contribution in [0.25, 0.3) is 0 Å². The second kappa shape index (κ2) is 11.5. The molecule has 7 heteroatoms. The summed E-state index contributed by atoms with van der Waals surface area (Å²) in [6.07, 6.45) is 4.34. The molecule has 1 amide bonds. The number of carbonyl (C=O) groups excluding carboxylic acids is 1. The van der Waals surface area contributed by atoms with Crippen LogP contribution in [0.4, 0.5) is 0 Å². The van der Waals surface area contributed by atoms with E-state index in [1.807, 2.05) is 0 Å². The van der Waals surface area contributed by atoms with Gasteiger partial charge in [0, 0.05) is 26.2 Å². The lowest BCUT2D eigenvalue weighted by molar-refractivity contribution is -0.137. The molecule has 2 atom stereocenters. The van der Waals surface area contributed by atoms with Gasteiger partial charge in [-0.1, -0.05) is 6.92 Å². The van der Waals surface area contributed by atoms with Gasteiger partial charge < -0.3 is 20.3 Å². The lowest BCUT2D eigenvalue weighted by Crippen LogP contribution is -2.54. The van der Waals surface area contributed by atoms with Crippen LogP contribution in [0.5, 0.6) is 0 Å². The van der Waals surface area contributed by atoms with Crippen LogP contribution >= 0.6 is 24.8 Å². The van der Waals surface area contributed by atoms with E-state index in [4.69, 9.17) is 4.74 Å². The van der Waals surface area contributed by atoms with Gasteiger partial charge in [-0.25, -0.2) is 0 Å². The van der Waals surface area contributed by atoms with Crippen molar-refractivity contribution in [3.8, 4) is 0 Å². The molecule has 2 unspecified atom stereocenters. The Hall–Kier alpha value is -0.0700. The summed E-state index contributed by atoms with van der Waals surface area (Å²) in [4.78, 5) is 15.3. The molecule has 24 heavy (non-hydrogen) atoms. The monoisotopic (exact) mass is 383 g/mol. The van der Waals surface area contributed by atoms with Crippen molar-refractivity contribution in [1.82, 2.24) is 15.5 Å². The van der Waals surface area contributed by atoms with Gasteiger partial charge in [-0.3, -0.25) is 4.79 Å². The standard InChI is InChI=1S/C17H33N3O2.2ClH/c1-14-5-4-10-20(11-14)12-15(2)19-16(21)17(13-22-3)6-8-18-9-7-17;;/h14-15,18H,4-13H2,1-3H3,(H,19,21);2*1H. The first-order valence-corrected chi connectivity index (χ1v) is 8.79. The molecule has 0 saturated carbocycles. The van der Waals surface area contributed by atoms with Crippen molar-refractivity contribution in [2.24, 2.45) is 11.3 Å². The second-order valence-electron chi connectivity index (χ2n) is 7.34. The third-order valence-corrected chi connectivity index (χ3v) is 5.11. The number of ether oxygens (including phenoxy) is 1. The first-order chi connectivity index (χ1) is 10.6. The molecule has 2 N–H and O–H groups in total. The molecule has 0 bridgehead atoms. The molecule has 144 valence electrons. The molecule has 0 aromatic carbocycles. The molecule has 2 fully saturated rings. The molecule has 2 aliphatic heterocycles. The Morgan fingerprint density at radius 3 is 2.62 bits per heavy atom. The molecule has 5 nitrogen and oxygen atoms in total. The summed E-state index contributed by atoms with van der Waals surface area (Å²) in [5.74, 6) is 0.953. The number of amides is 1. The zero-order chi connectivity index (χ0) is 16.0. The van der Waals surface area contributed by atoms with Crippen molar-refractivity contribution < 1.29 is 9.53 Å². The van der Waals surface area contributed by atoms with Crippen LogP contribution in [0.2, 0.25) is 0 Å². The van der Waals surface area contributed by atoms with Crippen molar-refractivity contribution in [3.63, 3.8) is 0 Å². The largest absolute Gasteiger partial charge is 0.384 e. The Bertz CT molecular complexity index is 360. The van der Waals surface area contributed by atoms with E-state index in [9.17, 15) is 4.79 Å². The number of nitrogens with zero attached hydrogens (tertiary/aromatic N) is 1. The van der Waals surface area contributed by atoms with Gasteiger partial charge in [0.25, 0.3) is 0 Å². The highest BCUT2D eigenvalue weighted by molar-refractivity contribution is 5.85. The first-order valence-electron chi connectivity index (χ1n) is 8.79. The fraction of sp³-hybridized carbons (Fsp3) is 0.941. The minimum Gasteiger partial charge on any atom is -0.384 e. The van der Waals surface area contributed by atoms with Crippen molar-refractivity contribution in [3.05, 3.63) is 0 Å². The Labute approximate surface area is 159 Å². The second-order valence-corrected chi connectivity index (χ2v) is 7.34. The van der Waals surface area contributed by atoms with Gasteiger partial charge in [0.05, 0.1) is 12.0 Å². The molecule has 2 rings (SSSR count). The van der Waals surface area contributed by atoms with E-state index >= 15 is 0 Å².